The van der Waals surface area contributed by atoms with E-state index in [1.54, 1.807) is 0 Å². The van der Waals surface area contributed by atoms with Crippen LogP contribution in [0.2, 0.25) is 0 Å². The van der Waals surface area contributed by atoms with E-state index in [0.717, 1.165) is 0 Å². The Hall–Kier alpha value is -3.25. The molecule has 7 N–H and O–H groups in total. The Morgan fingerprint density at radius 3 is 2.62 bits per heavy atom. The Kier molecular flexibility index (Phi) is 6.80. The molecule has 2 aliphatic rings. The fourth-order valence-corrected chi connectivity index (χ4v) is 4.90. The lowest BCUT2D eigenvalue weighted by molar-refractivity contribution is -0.0496. The van der Waals surface area contributed by atoms with Gasteiger partial charge in [-0.2, -0.15) is 9.97 Å². The number of nitrogens with one attached hydrogen (secondary N) is 1. The van der Waals surface area contributed by atoms with Gasteiger partial charge in [0.2, 0.25) is 11.9 Å². The minimum absolute atomic E-state index is 0.0467. The third-order valence-corrected chi connectivity index (χ3v) is 6.88. The van der Waals surface area contributed by atoms with Gasteiger partial charge in [0.1, 0.15) is 24.9 Å². The van der Waals surface area contributed by atoms with Crippen LogP contribution < -0.4 is 22.7 Å². The third-order valence-electron chi connectivity index (χ3n) is 5.93. The minimum atomic E-state index is -4.54. The van der Waals surface area contributed by atoms with E-state index in [2.05, 4.69) is 24.9 Å². The number of aliphatic hydroxyl groups excluding tert-OH is 1. The predicted molar refractivity (Wildman–Crippen MR) is 123 cm³/mol. The third kappa shape index (κ3) is 5.40. The molecule has 5 rings (SSSR count). The molecule has 18 nitrogen and oxygen atoms in total. The maximum absolute atomic E-state index is 12.4. The molecule has 0 aromatic carbocycles. The number of anilines is 2. The highest BCUT2D eigenvalue weighted by atomic mass is 31.2. The molecule has 2 aliphatic heterocycles. The second kappa shape index (κ2) is 9.90. The van der Waals surface area contributed by atoms with Crippen LogP contribution in [0.5, 0.6) is 0 Å². The number of aromatic nitrogens is 7. The SMILES string of the molecule is Nc1ncn([C@H]2CC[C@@H](COP(=O)(O)OC[C@H]3OC(n4cnc5c(=O)[nH]c(N)nc54)CC3O)O2)c(=O)n1. The van der Waals surface area contributed by atoms with Crippen molar-refractivity contribution in [3.8, 4) is 0 Å². The summed E-state index contributed by atoms with van der Waals surface area (Å²) in [5.74, 6) is -0.266. The molecule has 3 aromatic rings. The number of nitrogens with zero attached hydrogens (tertiary/aromatic N) is 6. The zero-order chi connectivity index (χ0) is 26.3. The van der Waals surface area contributed by atoms with E-state index in [1.807, 2.05) is 0 Å². The van der Waals surface area contributed by atoms with E-state index in [9.17, 15) is 24.2 Å². The van der Waals surface area contributed by atoms with Gasteiger partial charge in [0.05, 0.1) is 31.7 Å². The number of hydrogen-bond acceptors (Lipinski definition) is 14. The molecule has 0 aliphatic carbocycles. The van der Waals surface area contributed by atoms with Crippen LogP contribution in [-0.2, 0) is 23.1 Å². The van der Waals surface area contributed by atoms with Gasteiger partial charge < -0.3 is 30.9 Å². The largest absolute Gasteiger partial charge is 0.472 e. The fraction of sp³-hybridized carbons (Fsp3) is 0.556. The number of phosphoric acid groups is 1. The molecule has 3 aromatic heterocycles. The molecule has 0 spiro atoms. The average Bonchev–Trinajstić information content (AvgIpc) is 3.55. The maximum Gasteiger partial charge on any atom is 0.472 e. The first kappa shape index (κ1) is 25.4. The van der Waals surface area contributed by atoms with Gasteiger partial charge >= 0.3 is 13.5 Å². The minimum Gasteiger partial charge on any atom is -0.390 e. The zero-order valence-corrected chi connectivity index (χ0v) is 20.0. The molecule has 0 amide bonds. The van der Waals surface area contributed by atoms with Crippen molar-refractivity contribution in [2.75, 3.05) is 24.7 Å². The molecule has 0 radical (unpaired) electrons. The lowest BCUT2D eigenvalue weighted by Crippen LogP contribution is -2.29. The number of ether oxygens (including phenoxy) is 2. The first-order valence-corrected chi connectivity index (χ1v) is 12.6. The van der Waals surface area contributed by atoms with Crippen LogP contribution >= 0.6 is 7.82 Å². The summed E-state index contributed by atoms with van der Waals surface area (Å²) >= 11 is 0. The highest BCUT2D eigenvalue weighted by Gasteiger charge is 2.38. The lowest BCUT2D eigenvalue weighted by Gasteiger charge is -2.19. The summed E-state index contributed by atoms with van der Waals surface area (Å²) in [5, 5.41) is 10.4. The lowest BCUT2D eigenvalue weighted by atomic mass is 10.2. The molecular formula is C18H24N9O9P. The second-order valence-electron chi connectivity index (χ2n) is 8.46. The van der Waals surface area contributed by atoms with Crippen molar-refractivity contribution in [3.05, 3.63) is 33.5 Å². The van der Waals surface area contributed by atoms with Crippen LogP contribution in [0.15, 0.2) is 22.2 Å². The fourth-order valence-electron chi connectivity index (χ4n) is 4.14. The Labute approximate surface area is 206 Å². The summed E-state index contributed by atoms with van der Waals surface area (Å²) in [6.07, 6.45) is -0.572. The van der Waals surface area contributed by atoms with Gasteiger partial charge in [-0.25, -0.2) is 19.3 Å². The van der Waals surface area contributed by atoms with Gasteiger partial charge in [-0.15, -0.1) is 0 Å². The number of H-pyrrole nitrogens is 1. The molecule has 3 unspecified atom stereocenters. The summed E-state index contributed by atoms with van der Waals surface area (Å²) in [6.45, 7) is -0.741. The van der Waals surface area contributed by atoms with Gasteiger partial charge in [-0.3, -0.25) is 28.0 Å². The van der Waals surface area contributed by atoms with E-state index >= 15 is 0 Å². The standard InChI is InChI=1S/C18H24N9O9P/c19-16-22-7-27(18(30)25-16)11-2-1-8(35-11)4-33-37(31,32)34-5-10-9(28)3-12(36-10)26-6-21-13-14(26)23-17(20)24-15(13)29/h6-12,28H,1-5H2,(H,31,32)(H2,19,25,30)(H3,20,23,24,29)/t8-,9?,10+,11+,12?/m0/s1. The molecule has 0 saturated carbocycles. The zero-order valence-electron chi connectivity index (χ0n) is 19.1. The molecule has 2 fully saturated rings. The van der Waals surface area contributed by atoms with Crippen LogP contribution in [0.4, 0.5) is 11.9 Å². The summed E-state index contributed by atoms with van der Waals surface area (Å²) in [7, 11) is -4.54. The van der Waals surface area contributed by atoms with Gasteiger partial charge in [0.15, 0.2) is 11.2 Å². The molecule has 200 valence electrons. The Bertz CT molecular complexity index is 1460. The number of rotatable bonds is 8. The Morgan fingerprint density at radius 1 is 1.08 bits per heavy atom. The summed E-state index contributed by atoms with van der Waals surface area (Å²) < 4.78 is 36.5. The normalized spacial score (nSPS) is 27.6. The van der Waals surface area contributed by atoms with Gasteiger partial charge in [0, 0.05) is 6.42 Å². The number of imidazole rings is 1. The number of fused-ring (bicyclic) bond motifs is 1. The number of hydrogen-bond donors (Lipinski definition) is 5. The van der Waals surface area contributed by atoms with Crippen LogP contribution in [0.3, 0.4) is 0 Å². The van der Waals surface area contributed by atoms with Crippen LogP contribution in [0.25, 0.3) is 11.2 Å². The number of aromatic amines is 1. The summed E-state index contributed by atoms with van der Waals surface area (Å²) in [6, 6.07) is 0. The summed E-state index contributed by atoms with van der Waals surface area (Å²) in [4.78, 5) is 51.7. The Morgan fingerprint density at radius 2 is 1.84 bits per heavy atom. The monoisotopic (exact) mass is 541 g/mol. The van der Waals surface area contributed by atoms with Crippen molar-refractivity contribution in [1.29, 1.82) is 0 Å². The Balaban J connectivity index is 1.13. The molecule has 2 saturated heterocycles. The van der Waals surface area contributed by atoms with Crippen LogP contribution in [-0.4, -0.2) is 75.6 Å². The molecule has 6 atom stereocenters. The number of aliphatic hydroxyl groups is 1. The van der Waals surface area contributed by atoms with E-state index in [0.29, 0.717) is 12.8 Å². The highest BCUT2D eigenvalue weighted by molar-refractivity contribution is 7.47. The molecule has 5 heterocycles. The average molecular weight is 541 g/mol. The van der Waals surface area contributed by atoms with Gasteiger partial charge in [0.25, 0.3) is 5.56 Å². The first-order chi connectivity index (χ1) is 17.6. The van der Waals surface area contributed by atoms with E-state index in [-0.39, 0.29) is 36.1 Å². The topological polar surface area (TPSA) is 258 Å². The first-order valence-electron chi connectivity index (χ1n) is 11.1. The van der Waals surface area contributed by atoms with Gasteiger partial charge in [-0.05, 0) is 12.8 Å². The van der Waals surface area contributed by atoms with Crippen molar-refractivity contribution in [3.63, 3.8) is 0 Å². The maximum atomic E-state index is 12.4. The summed E-state index contributed by atoms with van der Waals surface area (Å²) in [5.41, 5.74) is 10.0. The predicted octanol–water partition coefficient (Wildman–Crippen LogP) is -1.60. The van der Waals surface area contributed by atoms with Crippen molar-refractivity contribution >= 4 is 30.9 Å². The molecular weight excluding hydrogens is 517 g/mol. The molecule has 0 bridgehead atoms. The number of phosphoric ester groups is 1. The van der Waals surface area contributed by atoms with Crippen molar-refractivity contribution in [1.82, 2.24) is 34.1 Å². The van der Waals surface area contributed by atoms with E-state index < -0.39 is 56.4 Å². The van der Waals surface area contributed by atoms with Crippen molar-refractivity contribution < 1.29 is 33.1 Å². The quantitative estimate of drug-likeness (QED) is 0.201. The van der Waals surface area contributed by atoms with Crippen LogP contribution in [0.1, 0.15) is 31.7 Å². The molecule has 19 heteroatoms. The molecule has 37 heavy (non-hydrogen) atoms. The van der Waals surface area contributed by atoms with Gasteiger partial charge in [-0.1, -0.05) is 0 Å². The number of nitrogen functional groups attached to an aromatic ring is 2. The van der Waals surface area contributed by atoms with Crippen molar-refractivity contribution in [2.24, 2.45) is 0 Å². The second-order valence-corrected chi connectivity index (χ2v) is 9.92. The van der Waals surface area contributed by atoms with E-state index in [4.69, 9.17) is 30.0 Å². The smallest absolute Gasteiger partial charge is 0.390 e. The van der Waals surface area contributed by atoms with Crippen LogP contribution in [0, 0.1) is 0 Å². The van der Waals surface area contributed by atoms with Crippen molar-refractivity contribution in [2.45, 2.75) is 50.0 Å². The van der Waals surface area contributed by atoms with E-state index in [1.165, 1.54) is 21.8 Å². The highest BCUT2D eigenvalue weighted by Crippen LogP contribution is 2.45. The number of nitrogens with two attached hydrogens (primary N) is 2.